The number of halogens is 1. The molecule has 0 radical (unpaired) electrons. The molecule has 0 spiro atoms. The fourth-order valence-electron chi connectivity index (χ4n) is 2.94. The number of fused-ring (bicyclic) bond motifs is 1. The molecule has 1 N–H and O–H groups in total. The number of nitrogens with one attached hydrogen (secondary N) is 1. The first-order valence-electron chi connectivity index (χ1n) is 8.25. The fraction of sp³-hybridized carbons (Fsp3) is 0.222. The Morgan fingerprint density at radius 3 is 2.58 bits per heavy atom. The summed E-state index contributed by atoms with van der Waals surface area (Å²) in [5.41, 5.74) is 2.51. The lowest BCUT2D eigenvalue weighted by Crippen LogP contribution is -2.16. The van der Waals surface area contributed by atoms with E-state index in [1.807, 2.05) is 13.8 Å². The summed E-state index contributed by atoms with van der Waals surface area (Å²) in [6.07, 6.45) is 0.576. The van der Waals surface area contributed by atoms with Crippen LogP contribution in [-0.2, 0) is 13.0 Å². The van der Waals surface area contributed by atoms with Gasteiger partial charge in [-0.15, -0.1) is 0 Å². The molecule has 8 heteroatoms. The Kier molecular flexibility index (Phi) is 3.87. The van der Waals surface area contributed by atoms with Gasteiger partial charge in [-0.2, -0.15) is 5.10 Å². The lowest BCUT2D eigenvalue weighted by molar-refractivity contribution is 0.585. The number of nitrogens with zero attached hydrogens (tertiary/aromatic N) is 5. The highest BCUT2D eigenvalue weighted by Gasteiger charge is 2.09. The lowest BCUT2D eigenvalue weighted by atomic mass is 10.1. The van der Waals surface area contributed by atoms with E-state index in [-0.39, 0.29) is 11.4 Å². The van der Waals surface area contributed by atoms with E-state index in [2.05, 4.69) is 20.2 Å². The Bertz CT molecular complexity index is 1140. The van der Waals surface area contributed by atoms with Gasteiger partial charge in [-0.05, 0) is 43.7 Å². The smallest absolute Gasteiger partial charge is 0.272 e. The van der Waals surface area contributed by atoms with Crippen molar-refractivity contribution in [1.82, 2.24) is 29.4 Å². The molecule has 0 aliphatic carbocycles. The lowest BCUT2D eigenvalue weighted by Gasteiger charge is -2.03. The summed E-state index contributed by atoms with van der Waals surface area (Å²) in [5, 5.41) is 7.32. The van der Waals surface area contributed by atoms with Crippen LogP contribution in [0.2, 0.25) is 0 Å². The molecule has 0 saturated heterocycles. The van der Waals surface area contributed by atoms with Crippen LogP contribution in [0.25, 0.3) is 16.9 Å². The molecule has 0 aliphatic heterocycles. The van der Waals surface area contributed by atoms with Gasteiger partial charge in [0.1, 0.15) is 17.5 Å². The fourth-order valence-corrected chi connectivity index (χ4v) is 2.94. The highest BCUT2D eigenvalue weighted by molar-refractivity contribution is 5.63. The summed E-state index contributed by atoms with van der Waals surface area (Å²) in [7, 11) is 0. The van der Waals surface area contributed by atoms with Gasteiger partial charge in [0.05, 0.1) is 11.4 Å². The van der Waals surface area contributed by atoms with E-state index in [4.69, 9.17) is 0 Å². The number of benzene rings is 1. The maximum atomic E-state index is 13.1. The predicted molar refractivity (Wildman–Crippen MR) is 94.4 cm³/mol. The van der Waals surface area contributed by atoms with E-state index >= 15 is 0 Å². The normalized spacial score (nSPS) is 11.3. The SMILES string of the molecule is Cc1nc(C)n(CCc2cc(=O)n3[nH]c(-c4ccc(F)cc4)cc3n2)n1. The van der Waals surface area contributed by atoms with E-state index in [9.17, 15) is 9.18 Å². The number of aromatic nitrogens is 6. The maximum absolute atomic E-state index is 13.1. The average molecular weight is 352 g/mol. The average Bonchev–Trinajstić information content (AvgIpc) is 3.17. The van der Waals surface area contributed by atoms with Crippen LogP contribution in [0, 0.1) is 19.7 Å². The van der Waals surface area contributed by atoms with Crippen molar-refractivity contribution in [3.63, 3.8) is 0 Å². The number of hydrogen-bond acceptors (Lipinski definition) is 4. The third kappa shape index (κ3) is 3.01. The van der Waals surface area contributed by atoms with Gasteiger partial charge in [-0.1, -0.05) is 0 Å². The monoisotopic (exact) mass is 352 g/mol. The quantitative estimate of drug-likeness (QED) is 0.611. The number of aryl methyl sites for hydroxylation is 4. The Balaban J connectivity index is 1.64. The van der Waals surface area contributed by atoms with Crippen molar-refractivity contribution in [1.29, 1.82) is 0 Å². The zero-order chi connectivity index (χ0) is 18.3. The van der Waals surface area contributed by atoms with Crippen LogP contribution in [0.5, 0.6) is 0 Å². The zero-order valence-corrected chi connectivity index (χ0v) is 14.4. The summed E-state index contributed by atoms with van der Waals surface area (Å²) in [6, 6.07) is 9.36. The van der Waals surface area contributed by atoms with Gasteiger partial charge in [-0.3, -0.25) is 9.89 Å². The van der Waals surface area contributed by atoms with Crippen LogP contribution >= 0.6 is 0 Å². The van der Waals surface area contributed by atoms with Crippen LogP contribution in [0.3, 0.4) is 0 Å². The first-order valence-corrected chi connectivity index (χ1v) is 8.25. The molecule has 0 unspecified atom stereocenters. The number of H-pyrrole nitrogens is 1. The molecule has 0 saturated carbocycles. The molecule has 0 atom stereocenters. The van der Waals surface area contributed by atoms with E-state index in [0.717, 1.165) is 17.2 Å². The molecule has 1 aromatic carbocycles. The Morgan fingerprint density at radius 1 is 1.12 bits per heavy atom. The molecule has 0 aliphatic rings. The standard InChI is InChI=1S/C18H17FN6O/c1-11-20-12(2)24(22-11)8-7-15-9-18(26)25-17(21-15)10-16(23-25)13-3-5-14(19)6-4-13/h3-6,9-10,23H,7-8H2,1-2H3. The second kappa shape index (κ2) is 6.21. The van der Waals surface area contributed by atoms with Crippen molar-refractivity contribution in [2.24, 2.45) is 0 Å². The highest BCUT2D eigenvalue weighted by Crippen LogP contribution is 2.18. The third-order valence-electron chi connectivity index (χ3n) is 4.20. The van der Waals surface area contributed by atoms with Crippen LogP contribution in [-0.4, -0.2) is 29.4 Å². The Hall–Kier alpha value is -3.29. The zero-order valence-electron chi connectivity index (χ0n) is 14.4. The first kappa shape index (κ1) is 16.2. The Morgan fingerprint density at radius 2 is 1.88 bits per heavy atom. The van der Waals surface area contributed by atoms with Crippen LogP contribution < -0.4 is 5.56 Å². The molecule has 4 aromatic rings. The largest absolute Gasteiger partial charge is 0.289 e. The van der Waals surface area contributed by atoms with E-state index in [1.54, 1.807) is 22.9 Å². The second-order valence-corrected chi connectivity index (χ2v) is 6.14. The molecule has 3 heterocycles. The third-order valence-corrected chi connectivity index (χ3v) is 4.20. The minimum atomic E-state index is -0.305. The van der Waals surface area contributed by atoms with Crippen molar-refractivity contribution in [2.45, 2.75) is 26.8 Å². The summed E-state index contributed by atoms with van der Waals surface area (Å²) < 4.78 is 16.3. The molecule has 0 fully saturated rings. The van der Waals surface area contributed by atoms with Crippen LogP contribution in [0.1, 0.15) is 17.3 Å². The van der Waals surface area contributed by atoms with Crippen LogP contribution in [0.4, 0.5) is 4.39 Å². The predicted octanol–water partition coefficient (Wildman–Crippen LogP) is 2.28. The van der Waals surface area contributed by atoms with E-state index in [0.29, 0.717) is 30.0 Å². The van der Waals surface area contributed by atoms with Crippen molar-refractivity contribution >= 4 is 5.65 Å². The molecule has 7 nitrogen and oxygen atoms in total. The van der Waals surface area contributed by atoms with Gasteiger partial charge >= 0.3 is 0 Å². The second-order valence-electron chi connectivity index (χ2n) is 6.14. The molecule has 0 bridgehead atoms. The van der Waals surface area contributed by atoms with Crippen molar-refractivity contribution in [2.75, 3.05) is 0 Å². The molecule has 4 rings (SSSR count). The minimum Gasteiger partial charge on any atom is -0.289 e. The highest BCUT2D eigenvalue weighted by atomic mass is 19.1. The molecular formula is C18H17FN6O. The van der Waals surface area contributed by atoms with Gasteiger partial charge in [0, 0.05) is 25.1 Å². The molecule has 132 valence electrons. The van der Waals surface area contributed by atoms with E-state index < -0.39 is 0 Å². The first-order chi connectivity index (χ1) is 12.5. The summed E-state index contributed by atoms with van der Waals surface area (Å²) >= 11 is 0. The van der Waals surface area contributed by atoms with Crippen molar-refractivity contribution < 1.29 is 4.39 Å². The van der Waals surface area contributed by atoms with Gasteiger partial charge in [-0.25, -0.2) is 23.6 Å². The summed E-state index contributed by atoms with van der Waals surface area (Å²) in [6.45, 7) is 4.34. The topological polar surface area (TPSA) is 80.9 Å². The maximum Gasteiger partial charge on any atom is 0.272 e. The van der Waals surface area contributed by atoms with Gasteiger partial charge in [0.25, 0.3) is 5.56 Å². The number of aromatic amines is 1. The molecular weight excluding hydrogens is 335 g/mol. The van der Waals surface area contributed by atoms with Crippen molar-refractivity contribution in [3.05, 3.63) is 69.9 Å². The Labute approximate surface area is 148 Å². The molecule has 3 aromatic heterocycles. The van der Waals surface area contributed by atoms with Gasteiger partial charge in [0.15, 0.2) is 5.65 Å². The van der Waals surface area contributed by atoms with Gasteiger partial charge in [0.2, 0.25) is 0 Å². The minimum absolute atomic E-state index is 0.190. The summed E-state index contributed by atoms with van der Waals surface area (Å²) in [5.74, 6) is 1.25. The molecule has 26 heavy (non-hydrogen) atoms. The number of hydrogen-bond donors (Lipinski definition) is 1. The van der Waals surface area contributed by atoms with Gasteiger partial charge < -0.3 is 0 Å². The van der Waals surface area contributed by atoms with Crippen LogP contribution in [0.15, 0.2) is 41.2 Å². The van der Waals surface area contributed by atoms with E-state index in [1.165, 1.54) is 22.7 Å². The number of rotatable bonds is 4. The molecule has 0 amide bonds. The van der Waals surface area contributed by atoms with Crippen molar-refractivity contribution in [3.8, 4) is 11.3 Å². The summed E-state index contributed by atoms with van der Waals surface area (Å²) in [4.78, 5) is 21.2.